The molecule has 0 fully saturated rings. The molecule has 3 N–H and O–H groups in total. The molecular weight excluding hydrogens is 252 g/mol. The van der Waals surface area contributed by atoms with Crippen LogP contribution in [0.1, 0.15) is 25.5 Å². The standard InChI is InChI=1S/C15H26N4O/c1-5-19(4)11-10-17-15(20)18-14-8-6-13(7-9-14)12(2)16-3/h6-9,12,16H,5,10-11H2,1-4H3,(H2,17,18,20). The number of hydrogen-bond acceptors (Lipinski definition) is 3. The smallest absolute Gasteiger partial charge is 0.319 e. The zero-order valence-corrected chi connectivity index (χ0v) is 12.9. The highest BCUT2D eigenvalue weighted by Crippen LogP contribution is 2.15. The number of rotatable bonds is 7. The van der Waals surface area contributed by atoms with E-state index >= 15 is 0 Å². The fraction of sp³-hybridized carbons (Fsp3) is 0.533. The predicted molar refractivity (Wildman–Crippen MR) is 84.1 cm³/mol. The molecule has 0 spiro atoms. The van der Waals surface area contributed by atoms with Crippen molar-refractivity contribution in [3.05, 3.63) is 29.8 Å². The Bertz CT molecular complexity index is 405. The molecule has 1 aromatic rings. The number of nitrogens with zero attached hydrogens (tertiary/aromatic N) is 1. The molecule has 0 aliphatic carbocycles. The molecule has 0 radical (unpaired) electrons. The third kappa shape index (κ3) is 5.59. The summed E-state index contributed by atoms with van der Waals surface area (Å²) in [5.74, 6) is 0. The van der Waals surface area contributed by atoms with Gasteiger partial charge in [-0.1, -0.05) is 19.1 Å². The number of nitrogens with one attached hydrogen (secondary N) is 3. The summed E-state index contributed by atoms with van der Waals surface area (Å²) in [6.07, 6.45) is 0. The highest BCUT2D eigenvalue weighted by Gasteiger charge is 2.04. The van der Waals surface area contributed by atoms with Crippen LogP contribution in [0.2, 0.25) is 0 Å². The average Bonchev–Trinajstić information content (AvgIpc) is 2.47. The Morgan fingerprint density at radius 3 is 2.50 bits per heavy atom. The van der Waals surface area contributed by atoms with Crippen molar-refractivity contribution >= 4 is 11.7 Å². The molecule has 1 unspecified atom stereocenters. The third-order valence-electron chi connectivity index (χ3n) is 3.42. The number of anilines is 1. The number of likely N-dealkylation sites (N-methyl/N-ethyl adjacent to an activating group) is 1. The lowest BCUT2D eigenvalue weighted by Crippen LogP contribution is -2.35. The van der Waals surface area contributed by atoms with E-state index in [9.17, 15) is 4.79 Å². The number of urea groups is 1. The van der Waals surface area contributed by atoms with E-state index in [1.165, 1.54) is 5.56 Å². The molecule has 1 rings (SSSR count). The van der Waals surface area contributed by atoms with Crippen molar-refractivity contribution in [2.45, 2.75) is 19.9 Å². The minimum atomic E-state index is -0.163. The van der Waals surface area contributed by atoms with Crippen LogP contribution in [0.4, 0.5) is 10.5 Å². The second-order valence-corrected chi connectivity index (χ2v) is 4.91. The lowest BCUT2D eigenvalue weighted by molar-refractivity contribution is 0.250. The van der Waals surface area contributed by atoms with Crippen LogP contribution in [0.3, 0.4) is 0 Å². The maximum absolute atomic E-state index is 11.7. The maximum atomic E-state index is 11.7. The number of carbonyl (C=O) groups is 1. The minimum Gasteiger partial charge on any atom is -0.337 e. The summed E-state index contributed by atoms with van der Waals surface area (Å²) in [4.78, 5) is 13.9. The minimum absolute atomic E-state index is 0.163. The van der Waals surface area contributed by atoms with Gasteiger partial charge in [0, 0.05) is 24.8 Å². The zero-order chi connectivity index (χ0) is 15.0. The summed E-state index contributed by atoms with van der Waals surface area (Å²) < 4.78 is 0. The van der Waals surface area contributed by atoms with Gasteiger partial charge in [-0.25, -0.2) is 4.79 Å². The Kier molecular flexibility index (Phi) is 7.04. The summed E-state index contributed by atoms with van der Waals surface area (Å²) in [5, 5.41) is 8.85. The average molecular weight is 278 g/mol. The molecule has 1 atom stereocenters. The normalized spacial score (nSPS) is 12.2. The summed E-state index contributed by atoms with van der Waals surface area (Å²) in [7, 11) is 3.96. The third-order valence-corrected chi connectivity index (χ3v) is 3.42. The highest BCUT2D eigenvalue weighted by molar-refractivity contribution is 5.89. The Balaban J connectivity index is 2.38. The van der Waals surface area contributed by atoms with Crippen LogP contribution in [-0.2, 0) is 0 Å². The first-order valence-electron chi connectivity index (χ1n) is 7.07. The van der Waals surface area contributed by atoms with E-state index in [2.05, 4.69) is 34.7 Å². The molecular formula is C15H26N4O. The van der Waals surface area contributed by atoms with Crippen molar-refractivity contribution < 1.29 is 4.79 Å². The summed E-state index contributed by atoms with van der Waals surface area (Å²) in [6.45, 7) is 6.66. The SMILES string of the molecule is CCN(C)CCNC(=O)Nc1ccc(C(C)NC)cc1. The van der Waals surface area contributed by atoms with Crippen LogP contribution >= 0.6 is 0 Å². The van der Waals surface area contributed by atoms with Crippen LogP contribution in [0.5, 0.6) is 0 Å². The predicted octanol–water partition coefficient (Wildman–Crippen LogP) is 2.04. The molecule has 0 aliphatic heterocycles. The number of amides is 2. The molecule has 2 amide bonds. The van der Waals surface area contributed by atoms with Gasteiger partial charge in [0.15, 0.2) is 0 Å². The van der Waals surface area contributed by atoms with Gasteiger partial charge in [-0.3, -0.25) is 0 Å². The second kappa shape index (κ2) is 8.55. The van der Waals surface area contributed by atoms with Crippen molar-refractivity contribution in [2.75, 3.05) is 39.0 Å². The largest absolute Gasteiger partial charge is 0.337 e. The summed E-state index contributed by atoms with van der Waals surface area (Å²) in [5.41, 5.74) is 2.00. The van der Waals surface area contributed by atoms with Crippen LogP contribution in [-0.4, -0.2) is 44.7 Å². The van der Waals surface area contributed by atoms with Gasteiger partial charge in [0.1, 0.15) is 0 Å². The zero-order valence-electron chi connectivity index (χ0n) is 12.9. The molecule has 1 aromatic carbocycles. The van der Waals surface area contributed by atoms with Crippen molar-refractivity contribution in [3.8, 4) is 0 Å². The first kappa shape index (κ1) is 16.5. The first-order valence-corrected chi connectivity index (χ1v) is 7.07. The van der Waals surface area contributed by atoms with Crippen molar-refractivity contribution in [3.63, 3.8) is 0 Å². The molecule has 0 aliphatic rings. The van der Waals surface area contributed by atoms with Crippen molar-refractivity contribution in [1.82, 2.24) is 15.5 Å². The van der Waals surface area contributed by atoms with Gasteiger partial charge >= 0.3 is 6.03 Å². The monoisotopic (exact) mass is 278 g/mol. The quantitative estimate of drug-likeness (QED) is 0.715. The van der Waals surface area contributed by atoms with Gasteiger partial charge in [0.25, 0.3) is 0 Å². The highest BCUT2D eigenvalue weighted by atomic mass is 16.2. The maximum Gasteiger partial charge on any atom is 0.319 e. The fourth-order valence-corrected chi connectivity index (χ4v) is 1.72. The molecule has 0 heterocycles. The number of carbonyl (C=O) groups excluding carboxylic acids is 1. The van der Waals surface area contributed by atoms with E-state index in [4.69, 9.17) is 0 Å². The lowest BCUT2D eigenvalue weighted by Gasteiger charge is -2.15. The van der Waals surface area contributed by atoms with E-state index in [0.717, 1.165) is 18.8 Å². The Hall–Kier alpha value is -1.59. The topological polar surface area (TPSA) is 56.4 Å². The molecule has 0 saturated carbocycles. The van der Waals surface area contributed by atoms with Crippen molar-refractivity contribution in [1.29, 1.82) is 0 Å². The molecule has 0 aromatic heterocycles. The number of benzene rings is 1. The van der Waals surface area contributed by atoms with Gasteiger partial charge in [-0.2, -0.15) is 0 Å². The number of hydrogen-bond donors (Lipinski definition) is 3. The van der Waals surface area contributed by atoms with Crippen molar-refractivity contribution in [2.24, 2.45) is 0 Å². The molecule has 5 heteroatoms. The Labute approximate surface area is 121 Å². The molecule has 0 saturated heterocycles. The summed E-state index contributed by atoms with van der Waals surface area (Å²) >= 11 is 0. The van der Waals surface area contributed by atoms with Crippen LogP contribution in [0.15, 0.2) is 24.3 Å². The van der Waals surface area contributed by atoms with Gasteiger partial charge in [-0.05, 0) is 45.3 Å². The van der Waals surface area contributed by atoms with Gasteiger partial charge in [0.2, 0.25) is 0 Å². The first-order chi connectivity index (χ1) is 9.56. The summed E-state index contributed by atoms with van der Waals surface area (Å²) in [6, 6.07) is 8.01. The van der Waals surface area contributed by atoms with Gasteiger partial charge in [0.05, 0.1) is 0 Å². The molecule has 20 heavy (non-hydrogen) atoms. The van der Waals surface area contributed by atoms with E-state index in [1.54, 1.807) is 0 Å². The van der Waals surface area contributed by atoms with Crippen LogP contribution < -0.4 is 16.0 Å². The molecule has 5 nitrogen and oxygen atoms in total. The Morgan fingerprint density at radius 2 is 1.95 bits per heavy atom. The van der Waals surface area contributed by atoms with Gasteiger partial charge < -0.3 is 20.9 Å². The van der Waals surface area contributed by atoms with Crippen LogP contribution in [0.25, 0.3) is 0 Å². The van der Waals surface area contributed by atoms with Crippen LogP contribution in [0, 0.1) is 0 Å². The van der Waals surface area contributed by atoms with E-state index < -0.39 is 0 Å². The fourth-order valence-electron chi connectivity index (χ4n) is 1.72. The molecule has 112 valence electrons. The van der Waals surface area contributed by atoms with Gasteiger partial charge in [-0.15, -0.1) is 0 Å². The van der Waals surface area contributed by atoms with E-state index in [-0.39, 0.29) is 6.03 Å². The van der Waals surface area contributed by atoms with E-state index in [1.807, 2.05) is 38.4 Å². The molecule has 0 bridgehead atoms. The van der Waals surface area contributed by atoms with E-state index in [0.29, 0.717) is 12.6 Å². The Morgan fingerprint density at radius 1 is 1.30 bits per heavy atom. The second-order valence-electron chi connectivity index (χ2n) is 4.91. The lowest BCUT2D eigenvalue weighted by atomic mass is 10.1.